The lowest BCUT2D eigenvalue weighted by molar-refractivity contribution is -0.165. The molecule has 0 saturated heterocycles. The first kappa shape index (κ1) is 50.8. The summed E-state index contributed by atoms with van der Waals surface area (Å²) in [6, 6.07) is 50.9. The van der Waals surface area contributed by atoms with Crippen LogP contribution in [-0.4, -0.2) is 69.3 Å². The Labute approximate surface area is 449 Å². The Hall–Kier alpha value is -9.30. The van der Waals surface area contributed by atoms with Crippen molar-refractivity contribution in [1.29, 1.82) is 0 Å². The Morgan fingerprint density at radius 2 is 0.962 bits per heavy atom. The van der Waals surface area contributed by atoms with E-state index in [9.17, 15) is 24.6 Å². The molecule has 0 radical (unpaired) electrons. The van der Waals surface area contributed by atoms with Crippen LogP contribution in [-0.2, 0) is 30.5 Å². The van der Waals surface area contributed by atoms with Gasteiger partial charge in [-0.2, -0.15) is 0 Å². The van der Waals surface area contributed by atoms with Gasteiger partial charge in [-0.1, -0.05) is 115 Å². The Morgan fingerprint density at radius 3 is 1.56 bits per heavy atom. The second kappa shape index (κ2) is 21.4. The van der Waals surface area contributed by atoms with Gasteiger partial charge in [-0.3, -0.25) is 19.2 Å². The van der Waals surface area contributed by atoms with Crippen LogP contribution in [0.5, 0.6) is 40.2 Å². The van der Waals surface area contributed by atoms with Gasteiger partial charge in [0.05, 0.1) is 52.1 Å². The summed E-state index contributed by atoms with van der Waals surface area (Å²) >= 11 is 0. The number of hydrogen-bond acceptors (Lipinski definition) is 12. The summed E-state index contributed by atoms with van der Waals surface area (Å²) in [5.41, 5.74) is 5.47. The van der Waals surface area contributed by atoms with E-state index in [1.54, 1.807) is 103 Å². The average Bonchev–Trinajstić information content (AvgIpc) is 4.07. The van der Waals surface area contributed by atoms with E-state index < -0.39 is 71.2 Å². The van der Waals surface area contributed by atoms with Crippen LogP contribution in [0.4, 0.5) is 0 Å². The van der Waals surface area contributed by atoms with Gasteiger partial charge < -0.3 is 48.1 Å². The Balaban J connectivity index is 1.00. The van der Waals surface area contributed by atoms with E-state index in [1.807, 2.05) is 66.7 Å². The predicted molar refractivity (Wildman–Crippen MR) is 289 cm³/mol. The molecule has 1 aliphatic heterocycles. The van der Waals surface area contributed by atoms with Crippen LogP contribution in [0.15, 0.2) is 170 Å². The maximum Gasteiger partial charge on any atom is 0.315 e. The number of hydrogen-bond donors (Lipinski definition) is 2. The molecule has 1 heterocycles. The van der Waals surface area contributed by atoms with Crippen molar-refractivity contribution in [2.24, 2.45) is 23.7 Å². The van der Waals surface area contributed by atoms with E-state index in [4.69, 9.17) is 37.9 Å². The Bertz CT molecular complexity index is 3560. The third-order valence-corrected chi connectivity index (χ3v) is 15.7. The number of ether oxygens (including phenoxy) is 8. The van der Waals surface area contributed by atoms with Gasteiger partial charge in [0.1, 0.15) is 35.4 Å². The fourth-order valence-electron chi connectivity index (χ4n) is 12.2. The zero-order valence-electron chi connectivity index (χ0n) is 43.0. The van der Waals surface area contributed by atoms with Crippen molar-refractivity contribution in [1.82, 2.24) is 0 Å². The average molecular weight is 1050 g/mol. The highest BCUT2D eigenvalue weighted by Crippen LogP contribution is 2.63. The number of methoxy groups -OCH3 is 4. The maximum absolute atomic E-state index is 15.0. The number of benzene rings is 8. The molecular weight excluding hydrogens is 993 g/mol. The standard InChI is InChI=1S/C64H54O14/c1-71-47-21-10-7-18-42(47)53-58(62(67)68)56(59(53)63(69)75-33-38-16-13-15-35-14-5-6-17-40(35)38)46-30-36(24-28-50(46)74-4)41-27-26-39(32-45(41)37-25-29-51-52(31-37)77-34-76-51)78-64(70)60-54(43-19-8-11-22-48(43)72-2)57(61(65)66)55(60)44-20-9-12-23-49(44)73-3/h5-32,53-60H,33-34H2,1-4H3,(H,65,66)(H,67,68)/t53-,54-,55-,56?,57?,58?,59?,60?/m0/s1. The van der Waals surface area contributed by atoms with Crippen molar-refractivity contribution in [3.05, 3.63) is 198 Å². The molecule has 3 unspecified atom stereocenters. The third-order valence-electron chi connectivity index (χ3n) is 15.7. The number of carboxylic acids is 2. The minimum absolute atomic E-state index is 0.0259. The number of rotatable bonds is 17. The summed E-state index contributed by atoms with van der Waals surface area (Å²) in [5, 5.41) is 23.9. The van der Waals surface area contributed by atoms with Crippen LogP contribution < -0.4 is 33.2 Å². The summed E-state index contributed by atoms with van der Waals surface area (Å²) in [6.07, 6.45) is 0. The normalized spacial score (nSPS) is 20.8. The van der Waals surface area contributed by atoms with Gasteiger partial charge in [0, 0.05) is 23.7 Å². The molecule has 8 aromatic rings. The van der Waals surface area contributed by atoms with E-state index in [-0.39, 0.29) is 19.1 Å². The molecule has 0 spiro atoms. The first-order chi connectivity index (χ1) is 38.0. The monoisotopic (exact) mass is 1050 g/mol. The molecule has 2 N–H and O–H groups in total. The van der Waals surface area contributed by atoms with Crippen LogP contribution >= 0.6 is 0 Å². The van der Waals surface area contributed by atoms with Crippen LogP contribution in [0.25, 0.3) is 33.0 Å². The SMILES string of the molecule is COc1ccc(-c2ccc(OC(=O)C3[C@@H](c4ccccc4OC)C(C(=O)O)[C@@H]3c3ccccc3OC)cc2-c2ccc3c(c2)OCO3)cc1C1C(C(=O)O)[C@H](c2ccccc2OC)C1C(=O)OCc1cccc2ccccc12. The van der Waals surface area contributed by atoms with Gasteiger partial charge in [0.15, 0.2) is 11.5 Å². The molecule has 2 fully saturated rings. The highest BCUT2D eigenvalue weighted by Gasteiger charge is 2.62. The molecule has 14 nitrogen and oxygen atoms in total. The van der Waals surface area contributed by atoms with Crippen molar-refractivity contribution in [3.8, 4) is 62.5 Å². The Morgan fingerprint density at radius 1 is 0.462 bits per heavy atom. The summed E-state index contributed by atoms with van der Waals surface area (Å²) in [4.78, 5) is 56.9. The van der Waals surface area contributed by atoms with Crippen LogP contribution in [0.3, 0.4) is 0 Å². The van der Waals surface area contributed by atoms with E-state index >= 15 is 4.79 Å². The number of carboxylic acid groups (broad SMARTS) is 2. The molecule has 8 aromatic carbocycles. The highest BCUT2D eigenvalue weighted by atomic mass is 16.7. The summed E-state index contributed by atoms with van der Waals surface area (Å²) in [6.45, 7) is -0.0198. The molecule has 3 aliphatic rings. The summed E-state index contributed by atoms with van der Waals surface area (Å²) in [7, 11) is 6.01. The molecule has 11 rings (SSSR count). The van der Waals surface area contributed by atoms with Gasteiger partial charge in [-0.25, -0.2) is 0 Å². The van der Waals surface area contributed by atoms with Crippen molar-refractivity contribution >= 4 is 34.6 Å². The van der Waals surface area contributed by atoms with Gasteiger partial charge in [-0.15, -0.1) is 0 Å². The number of esters is 2. The molecular formula is C64H54O14. The van der Waals surface area contributed by atoms with E-state index in [1.165, 1.54) is 28.4 Å². The molecule has 6 atom stereocenters. The zero-order chi connectivity index (χ0) is 54.2. The highest BCUT2D eigenvalue weighted by molar-refractivity contribution is 5.91. The zero-order valence-corrected chi connectivity index (χ0v) is 43.0. The smallest absolute Gasteiger partial charge is 0.315 e. The first-order valence-electron chi connectivity index (χ1n) is 25.4. The van der Waals surface area contributed by atoms with Gasteiger partial charge in [-0.05, 0) is 115 Å². The molecule has 0 amide bonds. The number of para-hydroxylation sites is 3. The summed E-state index contributed by atoms with van der Waals surface area (Å²) in [5.74, 6) is -8.17. The summed E-state index contributed by atoms with van der Waals surface area (Å²) < 4.78 is 47.3. The van der Waals surface area contributed by atoms with Crippen molar-refractivity contribution in [2.75, 3.05) is 35.2 Å². The molecule has 0 aromatic heterocycles. The van der Waals surface area contributed by atoms with Crippen molar-refractivity contribution in [3.63, 3.8) is 0 Å². The van der Waals surface area contributed by atoms with E-state index in [2.05, 4.69) is 0 Å². The molecule has 14 heteroatoms. The van der Waals surface area contributed by atoms with Crippen LogP contribution in [0.2, 0.25) is 0 Å². The third kappa shape index (κ3) is 9.02. The first-order valence-corrected chi connectivity index (χ1v) is 25.4. The van der Waals surface area contributed by atoms with E-state index in [0.29, 0.717) is 79.0 Å². The second-order valence-corrected chi connectivity index (χ2v) is 19.5. The fourth-order valence-corrected chi connectivity index (χ4v) is 12.2. The second-order valence-electron chi connectivity index (χ2n) is 19.5. The van der Waals surface area contributed by atoms with Crippen molar-refractivity contribution < 1.29 is 67.3 Å². The predicted octanol–water partition coefficient (Wildman–Crippen LogP) is 11.7. The minimum Gasteiger partial charge on any atom is -0.496 e. The van der Waals surface area contributed by atoms with Crippen LogP contribution in [0.1, 0.15) is 51.5 Å². The number of aliphatic carboxylic acids is 2. The quantitative estimate of drug-likeness (QED) is 0.0649. The maximum atomic E-state index is 15.0. The van der Waals surface area contributed by atoms with Crippen LogP contribution in [0, 0.1) is 23.7 Å². The molecule has 0 bridgehead atoms. The number of carbonyl (C=O) groups excluding carboxylic acids is 2. The molecule has 394 valence electrons. The lowest BCUT2D eigenvalue weighted by Crippen LogP contribution is -2.52. The molecule has 2 aliphatic carbocycles. The lowest BCUT2D eigenvalue weighted by atomic mass is 9.52. The lowest BCUT2D eigenvalue weighted by Gasteiger charge is -2.49. The fraction of sp³-hybridized carbons (Fsp3) is 0.219. The van der Waals surface area contributed by atoms with E-state index in [0.717, 1.165) is 16.3 Å². The molecule has 78 heavy (non-hydrogen) atoms. The van der Waals surface area contributed by atoms with Crippen molar-refractivity contribution in [2.45, 2.75) is 30.3 Å². The largest absolute Gasteiger partial charge is 0.496 e. The Kier molecular flexibility index (Phi) is 13.9. The van der Waals surface area contributed by atoms with Gasteiger partial charge in [0.25, 0.3) is 0 Å². The molecule has 2 saturated carbocycles. The number of carbonyl (C=O) groups is 4. The van der Waals surface area contributed by atoms with Gasteiger partial charge >= 0.3 is 23.9 Å². The van der Waals surface area contributed by atoms with Gasteiger partial charge in [0.2, 0.25) is 6.79 Å². The minimum atomic E-state index is -1.12. The number of fused-ring (bicyclic) bond motifs is 2. The topological polar surface area (TPSA) is 183 Å².